The molecule has 0 bridgehead atoms. The van der Waals surface area contributed by atoms with Crippen molar-refractivity contribution in [3.8, 4) is 5.75 Å². The van der Waals surface area contributed by atoms with Crippen LogP contribution >= 0.6 is 0 Å². The molecule has 0 saturated carbocycles. The van der Waals surface area contributed by atoms with Crippen molar-refractivity contribution in [2.75, 3.05) is 43.6 Å². The topological polar surface area (TPSA) is 107 Å². The first kappa shape index (κ1) is 20.0. The van der Waals surface area contributed by atoms with Crippen molar-refractivity contribution >= 4 is 41.1 Å². The molecule has 3 aromatic rings. The number of likely N-dealkylation sites (tertiary alicyclic amines) is 1. The van der Waals surface area contributed by atoms with E-state index in [1.807, 2.05) is 41.3 Å². The molecule has 2 saturated heterocycles. The second-order valence-corrected chi connectivity index (χ2v) is 8.07. The predicted molar refractivity (Wildman–Crippen MR) is 123 cm³/mol. The number of aromatic nitrogens is 1. The van der Waals surface area contributed by atoms with Gasteiger partial charge in [-0.3, -0.25) is 10.2 Å². The minimum absolute atomic E-state index is 0.00643. The van der Waals surface area contributed by atoms with Crippen LogP contribution in [0.2, 0.25) is 0 Å². The van der Waals surface area contributed by atoms with Crippen LogP contribution in [-0.2, 0) is 0 Å². The third-order valence-corrected chi connectivity index (χ3v) is 6.12. The van der Waals surface area contributed by atoms with E-state index in [0.29, 0.717) is 42.2 Å². The van der Waals surface area contributed by atoms with Gasteiger partial charge in [0, 0.05) is 50.3 Å². The van der Waals surface area contributed by atoms with E-state index < -0.39 is 0 Å². The number of para-hydroxylation sites is 1. The minimum Gasteiger partial charge on any atom is -0.497 e. The Morgan fingerprint density at radius 1 is 1.22 bits per heavy atom. The van der Waals surface area contributed by atoms with Gasteiger partial charge < -0.3 is 24.4 Å². The van der Waals surface area contributed by atoms with Crippen molar-refractivity contribution in [2.45, 2.75) is 0 Å². The largest absolute Gasteiger partial charge is 0.497 e. The molecule has 2 aliphatic rings. The molecule has 0 radical (unpaired) electrons. The number of hydrogen-bond donors (Lipinski definition) is 2. The molecule has 2 unspecified atom stereocenters. The number of ether oxygens (including phenoxy) is 1. The first-order valence-electron chi connectivity index (χ1n) is 10.5. The Hall–Kier alpha value is -3.88. The monoisotopic (exact) mass is 432 g/mol. The smallest absolute Gasteiger partial charge is 0.298 e. The lowest BCUT2D eigenvalue weighted by atomic mass is 10.0. The SMILES string of the molecule is COc1ccc2oc(N3CC4CN(C(=O)c5ccccc5N/N=C\C=N)CC4C3)nc2c1. The molecule has 164 valence electrons. The first-order valence-corrected chi connectivity index (χ1v) is 10.5. The molecule has 5 rings (SSSR count). The maximum Gasteiger partial charge on any atom is 0.298 e. The fraction of sp³-hybridized carbons (Fsp3) is 0.304. The van der Waals surface area contributed by atoms with E-state index in [1.165, 1.54) is 6.21 Å². The number of oxazole rings is 1. The minimum atomic E-state index is -0.00643. The van der Waals surface area contributed by atoms with Crippen LogP contribution in [0, 0.1) is 17.2 Å². The van der Waals surface area contributed by atoms with Crippen LogP contribution in [0.5, 0.6) is 5.75 Å². The number of fused-ring (bicyclic) bond motifs is 2. The number of nitrogens with one attached hydrogen (secondary N) is 2. The van der Waals surface area contributed by atoms with Crippen molar-refractivity contribution in [3.05, 3.63) is 48.0 Å². The van der Waals surface area contributed by atoms with Gasteiger partial charge in [0.1, 0.15) is 11.3 Å². The number of hydrogen-bond acceptors (Lipinski definition) is 8. The molecule has 9 nitrogen and oxygen atoms in total. The van der Waals surface area contributed by atoms with Crippen LogP contribution in [0.1, 0.15) is 10.4 Å². The summed E-state index contributed by atoms with van der Waals surface area (Å²) in [6.45, 7) is 3.02. The van der Waals surface area contributed by atoms with Gasteiger partial charge in [0.05, 0.1) is 24.6 Å². The molecule has 2 atom stereocenters. The zero-order chi connectivity index (χ0) is 22.1. The van der Waals surface area contributed by atoms with Gasteiger partial charge in [-0.25, -0.2) is 0 Å². The highest BCUT2D eigenvalue weighted by Gasteiger charge is 2.43. The number of carbonyl (C=O) groups excluding carboxylic acids is 1. The Kier molecular flexibility index (Phi) is 5.22. The van der Waals surface area contributed by atoms with Gasteiger partial charge in [0.2, 0.25) is 0 Å². The molecule has 9 heteroatoms. The Morgan fingerprint density at radius 2 is 2.00 bits per heavy atom. The molecule has 2 aliphatic heterocycles. The highest BCUT2D eigenvalue weighted by Crippen LogP contribution is 2.36. The Balaban J connectivity index is 1.27. The van der Waals surface area contributed by atoms with Crippen LogP contribution in [0.3, 0.4) is 0 Å². The van der Waals surface area contributed by atoms with E-state index in [9.17, 15) is 4.79 Å². The maximum atomic E-state index is 13.2. The van der Waals surface area contributed by atoms with Crippen LogP contribution in [0.15, 0.2) is 52.0 Å². The van der Waals surface area contributed by atoms with Gasteiger partial charge in [-0.2, -0.15) is 10.1 Å². The number of carbonyl (C=O) groups is 1. The molecular formula is C23H24N6O3. The van der Waals surface area contributed by atoms with E-state index in [1.54, 1.807) is 13.2 Å². The highest BCUT2D eigenvalue weighted by atomic mass is 16.5. The zero-order valence-corrected chi connectivity index (χ0v) is 17.7. The highest BCUT2D eigenvalue weighted by molar-refractivity contribution is 6.14. The number of hydrazone groups is 1. The molecule has 2 aromatic carbocycles. The standard InChI is InChI=1S/C23H24N6O3/c1-31-17-6-7-21-20(10-17)26-23(32-21)29-13-15-11-28(12-16(15)14-29)22(30)18-4-2-3-5-19(18)27-25-9-8-24/h2-10,15-16,24,27H,11-14H2,1H3/b24-8?,25-9-. The zero-order valence-electron chi connectivity index (χ0n) is 17.7. The average molecular weight is 432 g/mol. The van der Waals surface area contributed by atoms with E-state index in [-0.39, 0.29) is 5.91 Å². The molecule has 3 heterocycles. The van der Waals surface area contributed by atoms with E-state index in [2.05, 4.69) is 20.4 Å². The predicted octanol–water partition coefficient (Wildman–Crippen LogP) is 3.09. The molecular weight excluding hydrogens is 408 g/mol. The van der Waals surface area contributed by atoms with Gasteiger partial charge in [-0.15, -0.1) is 0 Å². The normalized spacial score (nSPS) is 20.2. The van der Waals surface area contributed by atoms with Gasteiger partial charge >= 0.3 is 0 Å². The summed E-state index contributed by atoms with van der Waals surface area (Å²) in [4.78, 5) is 21.9. The van der Waals surface area contributed by atoms with Crippen molar-refractivity contribution in [3.63, 3.8) is 0 Å². The Morgan fingerprint density at radius 3 is 2.75 bits per heavy atom. The van der Waals surface area contributed by atoms with Crippen molar-refractivity contribution < 1.29 is 13.9 Å². The number of benzene rings is 2. The number of nitrogens with zero attached hydrogens (tertiary/aromatic N) is 4. The van der Waals surface area contributed by atoms with Gasteiger partial charge in [0.25, 0.3) is 11.9 Å². The fourth-order valence-electron chi connectivity index (χ4n) is 4.55. The maximum absolute atomic E-state index is 13.2. The number of methoxy groups -OCH3 is 1. The summed E-state index contributed by atoms with van der Waals surface area (Å²) in [6.07, 6.45) is 2.41. The van der Waals surface area contributed by atoms with Crippen LogP contribution in [-0.4, -0.2) is 61.5 Å². The lowest BCUT2D eigenvalue weighted by Crippen LogP contribution is -2.33. The summed E-state index contributed by atoms with van der Waals surface area (Å²) in [5.41, 5.74) is 5.59. The van der Waals surface area contributed by atoms with Gasteiger partial charge in [-0.05, 0) is 24.3 Å². The summed E-state index contributed by atoms with van der Waals surface area (Å²) in [6, 6.07) is 13.6. The second kappa shape index (κ2) is 8.33. The summed E-state index contributed by atoms with van der Waals surface area (Å²) in [7, 11) is 1.63. The number of amides is 1. The third-order valence-electron chi connectivity index (χ3n) is 6.12. The molecule has 1 amide bonds. The summed E-state index contributed by atoms with van der Waals surface area (Å²) >= 11 is 0. The fourth-order valence-corrected chi connectivity index (χ4v) is 4.55. The molecule has 2 fully saturated rings. The summed E-state index contributed by atoms with van der Waals surface area (Å²) < 4.78 is 11.2. The van der Waals surface area contributed by atoms with E-state index in [0.717, 1.165) is 36.2 Å². The van der Waals surface area contributed by atoms with Gasteiger partial charge in [-0.1, -0.05) is 12.1 Å². The van der Waals surface area contributed by atoms with Crippen LogP contribution in [0.25, 0.3) is 11.1 Å². The lowest BCUT2D eigenvalue weighted by molar-refractivity contribution is 0.0783. The number of anilines is 2. The summed E-state index contributed by atoms with van der Waals surface area (Å²) in [5.74, 6) is 1.50. The van der Waals surface area contributed by atoms with Crippen molar-refractivity contribution in [2.24, 2.45) is 16.9 Å². The Bertz CT molecular complexity index is 1180. The second-order valence-electron chi connectivity index (χ2n) is 8.07. The Labute approximate surface area is 185 Å². The van der Waals surface area contributed by atoms with Crippen molar-refractivity contribution in [1.29, 1.82) is 5.41 Å². The molecule has 2 N–H and O–H groups in total. The molecule has 32 heavy (non-hydrogen) atoms. The van der Waals surface area contributed by atoms with Crippen LogP contribution in [0.4, 0.5) is 11.7 Å². The number of rotatable bonds is 6. The summed E-state index contributed by atoms with van der Waals surface area (Å²) in [5, 5.41) is 11.0. The lowest BCUT2D eigenvalue weighted by Gasteiger charge is -2.21. The first-order chi connectivity index (χ1) is 15.7. The molecule has 0 aliphatic carbocycles. The van der Waals surface area contributed by atoms with Crippen molar-refractivity contribution in [1.82, 2.24) is 9.88 Å². The molecule has 0 spiro atoms. The van der Waals surface area contributed by atoms with E-state index in [4.69, 9.17) is 14.6 Å². The quantitative estimate of drug-likeness (QED) is 0.458. The average Bonchev–Trinajstić information content (AvgIpc) is 3.51. The third kappa shape index (κ3) is 3.66. The van der Waals surface area contributed by atoms with Crippen LogP contribution < -0.4 is 15.1 Å². The van der Waals surface area contributed by atoms with E-state index >= 15 is 0 Å². The van der Waals surface area contributed by atoms with Gasteiger partial charge in [0.15, 0.2) is 5.58 Å². The molecule has 1 aromatic heterocycles.